The Bertz CT molecular complexity index is 582. The second-order valence-electron chi connectivity index (χ2n) is 6.30. The van der Waals surface area contributed by atoms with Crippen LogP contribution >= 0.6 is 0 Å². The minimum Gasteiger partial charge on any atom is -0.494 e. The summed E-state index contributed by atoms with van der Waals surface area (Å²) >= 11 is 0. The molecule has 6 heteroatoms. The van der Waals surface area contributed by atoms with Gasteiger partial charge in [-0.15, -0.1) is 0 Å². The maximum Gasteiger partial charge on any atom is 0.337 e. The number of hydrogen-bond acceptors (Lipinski definition) is 4. The van der Waals surface area contributed by atoms with Crippen molar-refractivity contribution in [3.8, 4) is 5.75 Å². The highest BCUT2D eigenvalue weighted by Crippen LogP contribution is 2.22. The van der Waals surface area contributed by atoms with E-state index in [-0.39, 0.29) is 17.2 Å². The number of rotatable bonds is 7. The zero-order chi connectivity index (χ0) is 17.5. The van der Waals surface area contributed by atoms with Crippen molar-refractivity contribution in [1.82, 2.24) is 4.90 Å². The van der Waals surface area contributed by atoms with Crippen molar-refractivity contribution < 1.29 is 19.4 Å². The number of ether oxygens (including phenoxy) is 1. The minimum absolute atomic E-state index is 0.0283. The van der Waals surface area contributed by atoms with Crippen LogP contribution in [-0.2, 0) is 4.79 Å². The Morgan fingerprint density at radius 3 is 2.67 bits per heavy atom. The fourth-order valence-corrected chi connectivity index (χ4v) is 3.07. The van der Waals surface area contributed by atoms with Crippen LogP contribution in [0.25, 0.3) is 0 Å². The molecule has 6 nitrogen and oxygen atoms in total. The summed E-state index contributed by atoms with van der Waals surface area (Å²) in [6.07, 6.45) is 6.91. The molecule has 132 valence electrons. The van der Waals surface area contributed by atoms with Gasteiger partial charge in [0.05, 0.1) is 12.2 Å². The van der Waals surface area contributed by atoms with Gasteiger partial charge in [-0.05, 0) is 37.5 Å². The molecule has 1 aliphatic rings. The van der Waals surface area contributed by atoms with Crippen LogP contribution in [-0.4, -0.2) is 41.6 Å². The number of amides is 1. The summed E-state index contributed by atoms with van der Waals surface area (Å²) in [7, 11) is 1.89. The van der Waals surface area contributed by atoms with Gasteiger partial charge in [0.2, 0.25) is 5.91 Å². The van der Waals surface area contributed by atoms with E-state index >= 15 is 0 Å². The van der Waals surface area contributed by atoms with Crippen LogP contribution < -0.4 is 10.5 Å². The monoisotopic (exact) mass is 334 g/mol. The molecule has 0 aromatic heterocycles. The molecule has 1 aliphatic carbocycles. The molecule has 3 N–H and O–H groups in total. The molecule has 0 spiro atoms. The van der Waals surface area contributed by atoms with E-state index in [9.17, 15) is 9.59 Å². The number of carbonyl (C=O) groups is 2. The third-order valence-electron chi connectivity index (χ3n) is 4.57. The first kappa shape index (κ1) is 18.1. The first-order chi connectivity index (χ1) is 11.5. The Morgan fingerprint density at radius 2 is 2.00 bits per heavy atom. The average Bonchev–Trinajstić information content (AvgIpc) is 2.59. The maximum atomic E-state index is 12.2. The largest absolute Gasteiger partial charge is 0.494 e. The first-order valence-corrected chi connectivity index (χ1v) is 8.50. The predicted molar refractivity (Wildman–Crippen MR) is 92.2 cm³/mol. The van der Waals surface area contributed by atoms with Crippen molar-refractivity contribution in [2.45, 2.75) is 51.0 Å². The maximum absolute atomic E-state index is 12.2. The van der Waals surface area contributed by atoms with Gasteiger partial charge in [-0.1, -0.05) is 19.3 Å². The molecule has 1 saturated carbocycles. The highest BCUT2D eigenvalue weighted by atomic mass is 16.5. The molecule has 0 unspecified atom stereocenters. The van der Waals surface area contributed by atoms with Gasteiger partial charge in [-0.3, -0.25) is 4.79 Å². The number of nitrogen functional groups attached to an aromatic ring is 1. The highest BCUT2D eigenvalue weighted by molar-refractivity contribution is 5.94. The fourth-order valence-electron chi connectivity index (χ4n) is 3.07. The smallest absolute Gasteiger partial charge is 0.337 e. The number of hydrogen-bond donors (Lipinski definition) is 2. The molecule has 2 rings (SSSR count). The van der Waals surface area contributed by atoms with E-state index in [4.69, 9.17) is 15.6 Å². The van der Waals surface area contributed by atoms with E-state index in [1.54, 1.807) is 6.07 Å². The van der Waals surface area contributed by atoms with Crippen LogP contribution in [0.3, 0.4) is 0 Å². The number of benzene rings is 1. The van der Waals surface area contributed by atoms with E-state index in [0.717, 1.165) is 12.8 Å². The molecule has 1 aromatic carbocycles. The summed E-state index contributed by atoms with van der Waals surface area (Å²) in [5, 5.41) is 9.03. The summed E-state index contributed by atoms with van der Waals surface area (Å²) in [4.78, 5) is 25.1. The molecule has 0 radical (unpaired) electrons. The molecule has 24 heavy (non-hydrogen) atoms. The van der Waals surface area contributed by atoms with Gasteiger partial charge in [0, 0.05) is 25.2 Å². The van der Waals surface area contributed by atoms with Gasteiger partial charge in [-0.2, -0.15) is 0 Å². The van der Waals surface area contributed by atoms with Crippen LogP contribution in [0, 0.1) is 0 Å². The highest BCUT2D eigenvalue weighted by Gasteiger charge is 2.21. The molecule has 0 aliphatic heterocycles. The lowest BCUT2D eigenvalue weighted by molar-refractivity contribution is -0.132. The minimum atomic E-state index is -1.08. The number of carbonyl (C=O) groups excluding carboxylic acids is 1. The van der Waals surface area contributed by atoms with E-state index in [1.165, 1.54) is 31.4 Å². The fraction of sp³-hybridized carbons (Fsp3) is 0.556. The van der Waals surface area contributed by atoms with E-state index in [0.29, 0.717) is 31.2 Å². The van der Waals surface area contributed by atoms with Gasteiger partial charge >= 0.3 is 5.97 Å². The summed E-state index contributed by atoms with van der Waals surface area (Å²) in [6.45, 7) is 0.368. The molecular formula is C18H26N2O4. The van der Waals surface area contributed by atoms with Crippen molar-refractivity contribution >= 4 is 17.6 Å². The lowest BCUT2D eigenvalue weighted by atomic mass is 9.94. The third kappa shape index (κ3) is 4.88. The number of carboxylic acid groups (broad SMARTS) is 1. The topological polar surface area (TPSA) is 92.9 Å². The normalized spacial score (nSPS) is 15.0. The third-order valence-corrected chi connectivity index (χ3v) is 4.57. The Hall–Kier alpha value is -2.24. The molecule has 0 saturated heterocycles. The molecule has 1 fully saturated rings. The summed E-state index contributed by atoms with van der Waals surface area (Å²) < 4.78 is 5.54. The van der Waals surface area contributed by atoms with E-state index in [1.807, 2.05) is 11.9 Å². The van der Waals surface area contributed by atoms with Crippen LogP contribution in [0.4, 0.5) is 5.69 Å². The van der Waals surface area contributed by atoms with Gasteiger partial charge < -0.3 is 20.5 Å². The lowest BCUT2D eigenvalue weighted by Crippen LogP contribution is -2.38. The zero-order valence-corrected chi connectivity index (χ0v) is 14.2. The van der Waals surface area contributed by atoms with Gasteiger partial charge in [0.25, 0.3) is 0 Å². The molecule has 0 atom stereocenters. The Labute approximate surface area is 142 Å². The molecule has 1 aromatic rings. The van der Waals surface area contributed by atoms with E-state index in [2.05, 4.69) is 0 Å². The predicted octanol–water partition coefficient (Wildman–Crippen LogP) is 2.92. The van der Waals surface area contributed by atoms with Crippen LogP contribution in [0.15, 0.2) is 18.2 Å². The molecular weight excluding hydrogens is 308 g/mol. The van der Waals surface area contributed by atoms with Crippen molar-refractivity contribution in [2.75, 3.05) is 19.4 Å². The van der Waals surface area contributed by atoms with Gasteiger partial charge in [0.1, 0.15) is 5.75 Å². The Balaban J connectivity index is 1.75. The summed E-state index contributed by atoms with van der Waals surface area (Å²) in [6, 6.07) is 4.94. The molecule has 0 bridgehead atoms. The molecule has 1 amide bonds. The van der Waals surface area contributed by atoms with Crippen molar-refractivity contribution in [3.05, 3.63) is 23.8 Å². The van der Waals surface area contributed by atoms with Gasteiger partial charge in [-0.25, -0.2) is 4.79 Å². The Morgan fingerprint density at radius 1 is 1.29 bits per heavy atom. The molecule has 0 heterocycles. The SMILES string of the molecule is CN(C(=O)CCCOc1ccc(N)c(C(=O)O)c1)C1CCCCC1. The van der Waals surface area contributed by atoms with Crippen LogP contribution in [0.2, 0.25) is 0 Å². The Kier molecular flexibility index (Phi) is 6.46. The van der Waals surface area contributed by atoms with Crippen molar-refractivity contribution in [3.63, 3.8) is 0 Å². The summed E-state index contributed by atoms with van der Waals surface area (Å²) in [5.74, 6) is -0.481. The zero-order valence-electron chi connectivity index (χ0n) is 14.2. The number of nitrogens with zero attached hydrogens (tertiary/aromatic N) is 1. The van der Waals surface area contributed by atoms with Crippen molar-refractivity contribution in [1.29, 1.82) is 0 Å². The second kappa shape index (κ2) is 8.57. The van der Waals surface area contributed by atoms with Gasteiger partial charge in [0.15, 0.2) is 0 Å². The number of nitrogens with two attached hydrogens (primary N) is 1. The summed E-state index contributed by atoms with van der Waals surface area (Å²) in [5.41, 5.74) is 5.84. The van der Waals surface area contributed by atoms with Crippen LogP contribution in [0.1, 0.15) is 55.3 Å². The van der Waals surface area contributed by atoms with E-state index < -0.39 is 5.97 Å². The number of carboxylic acids is 1. The average molecular weight is 334 g/mol. The second-order valence-corrected chi connectivity index (χ2v) is 6.30. The van der Waals surface area contributed by atoms with Crippen molar-refractivity contribution in [2.24, 2.45) is 0 Å². The number of aromatic carboxylic acids is 1. The lowest BCUT2D eigenvalue weighted by Gasteiger charge is -2.31. The number of anilines is 1. The quantitative estimate of drug-likeness (QED) is 0.591. The standard InChI is InChI=1S/C18H26N2O4/c1-20(13-6-3-2-4-7-13)17(21)8-5-11-24-14-9-10-16(19)15(12-14)18(22)23/h9-10,12-13H,2-8,11,19H2,1H3,(H,22,23). The van der Waals surface area contributed by atoms with Crippen LogP contribution in [0.5, 0.6) is 5.75 Å². The first-order valence-electron chi connectivity index (χ1n) is 8.50.